The number of benzene rings is 1. The molecule has 0 aliphatic carbocycles. The van der Waals surface area contributed by atoms with Crippen molar-refractivity contribution >= 4 is 17.7 Å². The maximum Gasteiger partial charge on any atom is 0.327 e. The van der Waals surface area contributed by atoms with E-state index in [1.54, 1.807) is 45.3 Å². The number of ether oxygens (including phenoxy) is 1. The van der Waals surface area contributed by atoms with Gasteiger partial charge in [-0.1, -0.05) is 58.0 Å². The van der Waals surface area contributed by atoms with Crippen molar-refractivity contribution in [2.24, 2.45) is 17.8 Å². The molecule has 1 aromatic carbocycles. The average Bonchev–Trinajstić information content (AvgIpc) is 2.87. The van der Waals surface area contributed by atoms with Crippen LogP contribution in [0.4, 0.5) is 4.79 Å². The van der Waals surface area contributed by atoms with Crippen molar-refractivity contribution < 1.29 is 19.1 Å². The number of likely N-dealkylation sites (N-methyl/N-ethyl adjacent to an activating group) is 1. The van der Waals surface area contributed by atoms with Crippen LogP contribution in [0.25, 0.3) is 0 Å². The van der Waals surface area contributed by atoms with Gasteiger partial charge in [-0.3, -0.25) is 14.5 Å². The number of methoxy groups -OCH3 is 1. The lowest BCUT2D eigenvalue weighted by atomic mass is 9.77. The third-order valence-electron chi connectivity index (χ3n) is 6.78. The van der Waals surface area contributed by atoms with Crippen LogP contribution >= 0.6 is 0 Å². The molecule has 160 valence electrons. The van der Waals surface area contributed by atoms with Gasteiger partial charge in [-0.15, -0.1) is 0 Å². The number of nitrogens with zero attached hydrogens (tertiary/aromatic N) is 2. The van der Waals surface area contributed by atoms with E-state index in [1.807, 2.05) is 13.0 Å². The van der Waals surface area contributed by atoms with Crippen molar-refractivity contribution in [1.29, 1.82) is 0 Å². The van der Waals surface area contributed by atoms with Crippen LogP contribution in [0.3, 0.4) is 0 Å². The van der Waals surface area contributed by atoms with Gasteiger partial charge < -0.3 is 9.64 Å². The summed E-state index contributed by atoms with van der Waals surface area (Å²) in [4.78, 5) is 41.4. The molecule has 1 aliphatic heterocycles. The molecule has 29 heavy (non-hydrogen) atoms. The molecule has 1 aromatic rings. The number of rotatable bonds is 9. The SMILES string of the molecule is COC(CC(C)C(C)C)C(C)C1(C)C(=O)N(CC(=O)c2ccccc2)C(=O)N1C. The molecule has 6 nitrogen and oxygen atoms in total. The van der Waals surface area contributed by atoms with Crippen molar-refractivity contribution in [3.63, 3.8) is 0 Å². The maximum atomic E-state index is 13.4. The summed E-state index contributed by atoms with van der Waals surface area (Å²) in [6, 6.07) is 8.27. The van der Waals surface area contributed by atoms with Crippen LogP contribution in [0.1, 0.15) is 51.4 Å². The summed E-state index contributed by atoms with van der Waals surface area (Å²) in [6.45, 7) is 9.97. The fourth-order valence-corrected chi connectivity index (χ4v) is 3.89. The van der Waals surface area contributed by atoms with Gasteiger partial charge in [0, 0.05) is 25.6 Å². The minimum absolute atomic E-state index is 0.179. The molecular formula is C23H34N2O4. The van der Waals surface area contributed by atoms with Gasteiger partial charge in [-0.2, -0.15) is 0 Å². The molecule has 0 bridgehead atoms. The number of carbonyl (C=O) groups excluding carboxylic acids is 3. The Balaban J connectivity index is 2.24. The lowest BCUT2D eigenvalue weighted by Crippen LogP contribution is -2.54. The van der Waals surface area contributed by atoms with E-state index in [0.29, 0.717) is 17.4 Å². The fraction of sp³-hybridized carbons (Fsp3) is 0.609. The minimum atomic E-state index is -1.06. The molecule has 0 radical (unpaired) electrons. The van der Waals surface area contributed by atoms with Gasteiger partial charge in [0.25, 0.3) is 5.91 Å². The summed E-state index contributed by atoms with van der Waals surface area (Å²) in [5, 5.41) is 0. The van der Waals surface area contributed by atoms with Crippen LogP contribution in [0.2, 0.25) is 0 Å². The number of hydrogen-bond acceptors (Lipinski definition) is 4. The Hall–Kier alpha value is -2.21. The third kappa shape index (κ3) is 4.37. The predicted molar refractivity (Wildman–Crippen MR) is 113 cm³/mol. The predicted octanol–water partition coefficient (Wildman–Crippen LogP) is 3.86. The van der Waals surface area contributed by atoms with Crippen LogP contribution in [-0.4, -0.2) is 59.9 Å². The monoisotopic (exact) mass is 402 g/mol. The molecule has 0 spiro atoms. The highest BCUT2D eigenvalue weighted by Crippen LogP contribution is 2.38. The lowest BCUT2D eigenvalue weighted by Gasteiger charge is -2.39. The van der Waals surface area contributed by atoms with Gasteiger partial charge in [0.15, 0.2) is 5.78 Å². The molecule has 0 N–H and O–H groups in total. The summed E-state index contributed by atoms with van der Waals surface area (Å²) >= 11 is 0. The highest BCUT2D eigenvalue weighted by Gasteiger charge is 2.57. The van der Waals surface area contributed by atoms with Crippen LogP contribution in [-0.2, 0) is 9.53 Å². The fourth-order valence-electron chi connectivity index (χ4n) is 3.89. The Morgan fingerprint density at radius 1 is 1.10 bits per heavy atom. The second-order valence-electron chi connectivity index (χ2n) is 8.69. The van der Waals surface area contributed by atoms with Gasteiger partial charge >= 0.3 is 6.03 Å². The van der Waals surface area contributed by atoms with Gasteiger partial charge in [0.05, 0.1) is 12.6 Å². The first-order valence-corrected chi connectivity index (χ1v) is 10.3. The quantitative estimate of drug-likeness (QED) is 0.465. The zero-order chi connectivity index (χ0) is 21.9. The number of hydrogen-bond donors (Lipinski definition) is 0. The number of Topliss-reactive ketones (excluding diaryl/α,β-unsaturated/α-hetero) is 1. The standard InChI is InChI=1S/C23H34N2O4/c1-15(2)16(3)13-20(29-7)17(4)23(5)21(27)25(22(28)24(23)6)14-19(26)18-11-9-8-10-12-18/h8-12,15-17,20H,13-14H2,1-7H3. The molecule has 1 aliphatic rings. The van der Waals surface area contributed by atoms with Crippen molar-refractivity contribution in [3.8, 4) is 0 Å². The average molecular weight is 403 g/mol. The van der Waals surface area contributed by atoms with Crippen LogP contribution in [0, 0.1) is 17.8 Å². The molecule has 6 heteroatoms. The van der Waals surface area contributed by atoms with E-state index in [1.165, 1.54) is 4.90 Å². The molecule has 0 saturated carbocycles. The van der Waals surface area contributed by atoms with E-state index in [9.17, 15) is 14.4 Å². The zero-order valence-corrected chi connectivity index (χ0v) is 18.6. The highest BCUT2D eigenvalue weighted by atomic mass is 16.5. The van der Waals surface area contributed by atoms with Gasteiger partial charge in [0.1, 0.15) is 5.54 Å². The topological polar surface area (TPSA) is 66.9 Å². The Morgan fingerprint density at radius 3 is 2.21 bits per heavy atom. The molecule has 1 fully saturated rings. The Bertz CT molecular complexity index is 749. The van der Waals surface area contributed by atoms with E-state index >= 15 is 0 Å². The second kappa shape index (κ2) is 9.08. The zero-order valence-electron chi connectivity index (χ0n) is 18.6. The minimum Gasteiger partial charge on any atom is -0.381 e. The highest BCUT2D eigenvalue weighted by molar-refractivity contribution is 6.11. The molecule has 0 aromatic heterocycles. The number of urea groups is 1. The van der Waals surface area contributed by atoms with E-state index in [0.717, 1.165) is 11.3 Å². The number of amides is 3. The molecule has 3 amide bonds. The van der Waals surface area contributed by atoms with E-state index < -0.39 is 11.6 Å². The van der Waals surface area contributed by atoms with E-state index in [2.05, 4.69) is 20.8 Å². The summed E-state index contributed by atoms with van der Waals surface area (Å²) in [6.07, 6.45) is 0.616. The van der Waals surface area contributed by atoms with Crippen LogP contribution < -0.4 is 0 Å². The Morgan fingerprint density at radius 2 is 1.69 bits per heavy atom. The summed E-state index contributed by atoms with van der Waals surface area (Å²) < 4.78 is 5.75. The van der Waals surface area contributed by atoms with Crippen LogP contribution in [0.5, 0.6) is 0 Å². The summed E-state index contributed by atoms with van der Waals surface area (Å²) in [5.74, 6) is 0.0768. The van der Waals surface area contributed by atoms with Crippen molar-refractivity contribution in [1.82, 2.24) is 9.80 Å². The van der Waals surface area contributed by atoms with E-state index in [-0.39, 0.29) is 30.3 Å². The summed E-state index contributed by atoms with van der Waals surface area (Å²) in [5.41, 5.74) is -0.580. The first kappa shape index (κ1) is 23.1. The first-order valence-electron chi connectivity index (χ1n) is 10.3. The van der Waals surface area contributed by atoms with Crippen molar-refractivity contribution in [2.75, 3.05) is 20.7 Å². The molecule has 1 saturated heterocycles. The molecule has 1 heterocycles. The first-order chi connectivity index (χ1) is 13.5. The lowest BCUT2D eigenvalue weighted by molar-refractivity contribution is -0.137. The molecule has 2 rings (SSSR count). The molecule has 4 atom stereocenters. The number of carbonyl (C=O) groups is 3. The van der Waals surface area contributed by atoms with Gasteiger partial charge in [-0.25, -0.2) is 4.79 Å². The molecule has 4 unspecified atom stereocenters. The van der Waals surface area contributed by atoms with Crippen molar-refractivity contribution in [3.05, 3.63) is 35.9 Å². The van der Waals surface area contributed by atoms with E-state index in [4.69, 9.17) is 4.74 Å². The maximum absolute atomic E-state index is 13.4. The van der Waals surface area contributed by atoms with Crippen molar-refractivity contribution in [2.45, 2.75) is 52.7 Å². The van der Waals surface area contributed by atoms with Crippen LogP contribution in [0.15, 0.2) is 30.3 Å². The number of imide groups is 1. The second-order valence-corrected chi connectivity index (χ2v) is 8.69. The Labute approximate surface area is 174 Å². The smallest absolute Gasteiger partial charge is 0.327 e. The Kier molecular flexibility index (Phi) is 7.22. The third-order valence-corrected chi connectivity index (χ3v) is 6.78. The van der Waals surface area contributed by atoms with Gasteiger partial charge in [-0.05, 0) is 25.2 Å². The normalized spacial score (nSPS) is 22.9. The van der Waals surface area contributed by atoms with Gasteiger partial charge in [0.2, 0.25) is 0 Å². The molecular weight excluding hydrogens is 368 g/mol. The number of ketones is 1. The largest absolute Gasteiger partial charge is 0.381 e. The summed E-state index contributed by atoms with van der Waals surface area (Å²) in [7, 11) is 3.28.